The van der Waals surface area contributed by atoms with Gasteiger partial charge in [-0.25, -0.2) is 4.79 Å². The van der Waals surface area contributed by atoms with Gasteiger partial charge in [-0.3, -0.25) is 19.2 Å². The molecule has 0 aromatic heterocycles. The van der Waals surface area contributed by atoms with E-state index in [1.165, 1.54) is 0 Å². The molecule has 0 aromatic rings. The predicted molar refractivity (Wildman–Crippen MR) is 110 cm³/mol. The topological polar surface area (TPSA) is 214 Å². The number of aliphatic hydroxyl groups excluding tert-OH is 1. The molecule has 0 fully saturated rings. The number of carboxylic acids is 1. The van der Waals surface area contributed by atoms with E-state index in [4.69, 9.17) is 21.7 Å². The monoisotopic (exact) mass is 449 g/mol. The Morgan fingerprint density at radius 1 is 0.967 bits per heavy atom. The third kappa shape index (κ3) is 9.41. The molecule has 0 bridgehead atoms. The number of carbonyl (C=O) groups excluding carboxylic acids is 4. The average Bonchev–Trinajstić information content (AvgIpc) is 2.70. The maximum Gasteiger partial charge on any atom is 0.328 e. The van der Waals surface area contributed by atoms with Crippen LogP contribution >= 0.6 is 12.6 Å². The second-order valence-corrected chi connectivity index (χ2v) is 7.17. The number of aliphatic hydroxyl groups is 1. The highest BCUT2D eigenvalue weighted by atomic mass is 32.1. The number of primary amides is 1. The maximum absolute atomic E-state index is 12.6. The van der Waals surface area contributed by atoms with Crippen molar-refractivity contribution in [3.05, 3.63) is 0 Å². The average molecular weight is 450 g/mol. The maximum atomic E-state index is 12.6. The summed E-state index contributed by atoms with van der Waals surface area (Å²) in [7, 11) is 0. The summed E-state index contributed by atoms with van der Waals surface area (Å²) >= 11 is 3.96. The van der Waals surface area contributed by atoms with E-state index >= 15 is 0 Å². The van der Waals surface area contributed by atoms with Crippen LogP contribution in [0.4, 0.5) is 0 Å². The van der Waals surface area contributed by atoms with Gasteiger partial charge in [-0.1, -0.05) is 20.3 Å². The van der Waals surface area contributed by atoms with Crippen LogP contribution in [0.1, 0.15) is 33.1 Å². The van der Waals surface area contributed by atoms with Gasteiger partial charge in [-0.05, 0) is 12.3 Å². The first-order chi connectivity index (χ1) is 14.0. The summed E-state index contributed by atoms with van der Waals surface area (Å²) in [5.74, 6) is -4.80. The molecule has 0 aromatic carbocycles. The molecular weight excluding hydrogens is 418 g/mol. The van der Waals surface area contributed by atoms with Crippen molar-refractivity contribution >= 4 is 42.2 Å². The third-order valence-corrected chi connectivity index (χ3v) is 4.85. The van der Waals surface area contributed by atoms with Crippen LogP contribution in [0.15, 0.2) is 0 Å². The van der Waals surface area contributed by atoms with Crippen molar-refractivity contribution in [2.45, 2.75) is 57.3 Å². The van der Waals surface area contributed by atoms with E-state index in [1.807, 2.05) is 6.92 Å². The SMILES string of the molecule is CCC(C)C(N)C(=O)NC(CCC(N)=O)C(=O)NC(CS)C(=O)NC(CO)C(=O)O. The second kappa shape index (κ2) is 13.8. The lowest BCUT2D eigenvalue weighted by Crippen LogP contribution is -2.58. The highest BCUT2D eigenvalue weighted by Gasteiger charge is 2.30. The van der Waals surface area contributed by atoms with Gasteiger partial charge in [0, 0.05) is 12.2 Å². The first-order valence-electron chi connectivity index (χ1n) is 9.37. The minimum Gasteiger partial charge on any atom is -0.480 e. The number of rotatable bonds is 14. The van der Waals surface area contributed by atoms with Crippen LogP contribution in [0.2, 0.25) is 0 Å². The van der Waals surface area contributed by atoms with Crippen LogP contribution in [-0.2, 0) is 24.0 Å². The largest absolute Gasteiger partial charge is 0.480 e. The van der Waals surface area contributed by atoms with E-state index in [-0.39, 0.29) is 24.5 Å². The molecule has 0 radical (unpaired) electrons. The molecule has 12 nitrogen and oxygen atoms in total. The molecule has 0 saturated carbocycles. The lowest BCUT2D eigenvalue weighted by molar-refractivity contribution is -0.143. The highest BCUT2D eigenvalue weighted by molar-refractivity contribution is 7.80. The molecule has 0 aliphatic heterocycles. The molecule has 4 amide bonds. The summed E-state index contributed by atoms with van der Waals surface area (Å²) in [5.41, 5.74) is 11.0. The molecule has 0 rings (SSSR count). The number of carbonyl (C=O) groups is 5. The van der Waals surface area contributed by atoms with Gasteiger partial charge in [0.05, 0.1) is 12.6 Å². The number of thiol groups is 1. The minimum absolute atomic E-state index is 0.130. The fourth-order valence-corrected chi connectivity index (χ4v) is 2.52. The fraction of sp³-hybridized carbons (Fsp3) is 0.706. The summed E-state index contributed by atoms with van der Waals surface area (Å²) < 4.78 is 0. The van der Waals surface area contributed by atoms with Gasteiger partial charge < -0.3 is 37.6 Å². The Bertz CT molecular complexity index is 634. The van der Waals surface area contributed by atoms with Crippen molar-refractivity contribution in [2.75, 3.05) is 12.4 Å². The van der Waals surface area contributed by atoms with Crippen LogP contribution < -0.4 is 27.4 Å². The summed E-state index contributed by atoms with van der Waals surface area (Å²) in [6, 6.07) is -4.91. The lowest BCUT2D eigenvalue weighted by Gasteiger charge is -2.25. The van der Waals surface area contributed by atoms with Crippen molar-refractivity contribution < 1.29 is 34.2 Å². The van der Waals surface area contributed by atoms with E-state index in [0.717, 1.165) is 0 Å². The van der Waals surface area contributed by atoms with Gasteiger partial charge >= 0.3 is 5.97 Å². The van der Waals surface area contributed by atoms with Crippen LogP contribution in [0.3, 0.4) is 0 Å². The predicted octanol–water partition coefficient (Wildman–Crippen LogP) is -2.91. The van der Waals surface area contributed by atoms with Gasteiger partial charge in [-0.2, -0.15) is 12.6 Å². The molecule has 0 spiro atoms. The van der Waals surface area contributed by atoms with Gasteiger partial charge in [0.25, 0.3) is 0 Å². The van der Waals surface area contributed by atoms with E-state index < -0.39 is 60.4 Å². The number of nitrogens with two attached hydrogens (primary N) is 2. The van der Waals surface area contributed by atoms with Gasteiger partial charge in [0.2, 0.25) is 23.6 Å². The summed E-state index contributed by atoms with van der Waals surface area (Å²) in [6.45, 7) is 2.77. The van der Waals surface area contributed by atoms with Crippen LogP contribution in [0.25, 0.3) is 0 Å². The number of aliphatic carboxylic acids is 1. The molecule has 0 saturated heterocycles. The normalized spacial score (nSPS) is 15.8. The Kier molecular flexibility index (Phi) is 12.7. The molecule has 5 unspecified atom stereocenters. The number of carboxylic acid groups (broad SMARTS) is 1. The smallest absolute Gasteiger partial charge is 0.328 e. The van der Waals surface area contributed by atoms with Gasteiger partial charge in [-0.15, -0.1) is 0 Å². The number of hydrogen-bond acceptors (Lipinski definition) is 8. The van der Waals surface area contributed by atoms with Crippen molar-refractivity contribution in [2.24, 2.45) is 17.4 Å². The lowest BCUT2D eigenvalue weighted by atomic mass is 9.98. The van der Waals surface area contributed by atoms with E-state index in [2.05, 4.69) is 28.6 Å². The van der Waals surface area contributed by atoms with Crippen molar-refractivity contribution in [3.8, 4) is 0 Å². The quantitative estimate of drug-likeness (QED) is 0.128. The zero-order chi connectivity index (χ0) is 23.4. The molecule has 0 aliphatic carbocycles. The Labute approximate surface area is 179 Å². The molecule has 0 heterocycles. The summed E-state index contributed by atoms with van der Waals surface area (Å²) in [6.07, 6.45) is 0.292. The first-order valence-corrected chi connectivity index (χ1v) is 10.0. The fourth-order valence-electron chi connectivity index (χ4n) is 2.26. The molecule has 9 N–H and O–H groups in total. The van der Waals surface area contributed by atoms with E-state index in [1.54, 1.807) is 6.92 Å². The molecule has 0 aliphatic rings. The van der Waals surface area contributed by atoms with Crippen molar-refractivity contribution in [1.82, 2.24) is 16.0 Å². The summed E-state index contributed by atoms with van der Waals surface area (Å²) in [5, 5.41) is 24.8. The third-order valence-electron chi connectivity index (χ3n) is 4.48. The molecule has 30 heavy (non-hydrogen) atoms. The van der Waals surface area contributed by atoms with Crippen molar-refractivity contribution in [3.63, 3.8) is 0 Å². The van der Waals surface area contributed by atoms with E-state index in [0.29, 0.717) is 6.42 Å². The Balaban J connectivity index is 5.27. The minimum atomic E-state index is -1.56. The Hall–Kier alpha value is -2.38. The van der Waals surface area contributed by atoms with Crippen LogP contribution in [0, 0.1) is 5.92 Å². The molecule has 172 valence electrons. The number of hydrogen-bond donors (Lipinski definition) is 8. The first kappa shape index (κ1) is 27.6. The molecule has 5 atom stereocenters. The highest BCUT2D eigenvalue weighted by Crippen LogP contribution is 2.07. The van der Waals surface area contributed by atoms with Crippen LogP contribution in [-0.4, -0.2) is 76.3 Å². The van der Waals surface area contributed by atoms with Crippen molar-refractivity contribution in [1.29, 1.82) is 0 Å². The van der Waals surface area contributed by atoms with Gasteiger partial charge in [0.1, 0.15) is 18.1 Å². The summed E-state index contributed by atoms with van der Waals surface area (Å²) in [4.78, 5) is 59.2. The second-order valence-electron chi connectivity index (χ2n) is 6.80. The van der Waals surface area contributed by atoms with Gasteiger partial charge in [0.15, 0.2) is 0 Å². The Morgan fingerprint density at radius 2 is 1.47 bits per heavy atom. The number of nitrogens with one attached hydrogen (secondary N) is 3. The molecule has 13 heteroatoms. The molecular formula is C17H31N5O7S. The zero-order valence-electron chi connectivity index (χ0n) is 17.0. The van der Waals surface area contributed by atoms with E-state index in [9.17, 15) is 24.0 Å². The number of amides is 4. The standard InChI is InChI=1S/C17H31N5O7S/c1-3-8(2)13(19)16(27)20-9(4-5-12(18)24)14(25)22-11(7-30)15(26)21-10(6-23)17(28)29/h8-11,13,23,30H,3-7,19H2,1-2H3,(H2,18,24)(H,20,27)(H,21,26)(H,22,25)(H,28,29). The zero-order valence-corrected chi connectivity index (χ0v) is 17.9. The Morgan fingerprint density at radius 3 is 1.90 bits per heavy atom. The van der Waals surface area contributed by atoms with Crippen LogP contribution in [0.5, 0.6) is 0 Å².